The maximum absolute atomic E-state index is 12.6. The zero-order valence-corrected chi connectivity index (χ0v) is 13.7. The van der Waals surface area contributed by atoms with Crippen LogP contribution in [0.2, 0.25) is 0 Å². The molecule has 0 amide bonds. The molecule has 7 heteroatoms. The van der Waals surface area contributed by atoms with E-state index in [-0.39, 0.29) is 6.04 Å². The highest BCUT2D eigenvalue weighted by atomic mass is 79.9. The van der Waals surface area contributed by atoms with Crippen molar-refractivity contribution >= 4 is 37.3 Å². The molecule has 1 aromatic heterocycles. The van der Waals surface area contributed by atoms with Gasteiger partial charge in [-0.25, -0.2) is 8.42 Å². The van der Waals surface area contributed by atoms with Crippen molar-refractivity contribution in [1.29, 1.82) is 0 Å². The molecule has 1 atom stereocenters. The summed E-state index contributed by atoms with van der Waals surface area (Å²) in [4.78, 5) is 2.19. The molecule has 1 aromatic rings. The van der Waals surface area contributed by atoms with Gasteiger partial charge in [-0.05, 0) is 55.0 Å². The van der Waals surface area contributed by atoms with E-state index in [4.69, 9.17) is 0 Å². The first-order valence-electron chi connectivity index (χ1n) is 5.87. The van der Waals surface area contributed by atoms with E-state index in [0.717, 1.165) is 23.3 Å². The topological polar surface area (TPSA) is 40.6 Å². The molecule has 0 spiro atoms. The normalized spacial score (nSPS) is 24.1. The van der Waals surface area contributed by atoms with Crippen LogP contribution in [0.1, 0.15) is 13.3 Å². The number of hydrogen-bond acceptors (Lipinski definition) is 4. The minimum absolute atomic E-state index is 0.0170. The van der Waals surface area contributed by atoms with Crippen molar-refractivity contribution < 1.29 is 8.42 Å². The van der Waals surface area contributed by atoms with E-state index >= 15 is 0 Å². The molecule has 0 saturated carbocycles. The van der Waals surface area contributed by atoms with E-state index < -0.39 is 10.0 Å². The third-order valence-corrected chi connectivity index (χ3v) is 7.20. The van der Waals surface area contributed by atoms with Gasteiger partial charge in [0.2, 0.25) is 0 Å². The molecule has 2 heterocycles. The Morgan fingerprint density at radius 2 is 2.11 bits per heavy atom. The summed E-state index contributed by atoms with van der Waals surface area (Å²) in [5.41, 5.74) is 0. The fraction of sp³-hybridized carbons (Fsp3) is 0.636. The Morgan fingerprint density at radius 1 is 1.39 bits per heavy atom. The molecule has 1 fully saturated rings. The average Bonchev–Trinajstić information content (AvgIpc) is 2.63. The highest BCUT2D eigenvalue weighted by molar-refractivity contribution is 9.11. The van der Waals surface area contributed by atoms with Crippen molar-refractivity contribution in [2.24, 2.45) is 0 Å². The van der Waals surface area contributed by atoms with Crippen molar-refractivity contribution in [3.8, 4) is 0 Å². The van der Waals surface area contributed by atoms with Gasteiger partial charge in [-0.3, -0.25) is 0 Å². The third-order valence-electron chi connectivity index (χ3n) is 3.10. The van der Waals surface area contributed by atoms with Crippen molar-refractivity contribution in [3.05, 3.63) is 15.9 Å². The van der Waals surface area contributed by atoms with Crippen molar-refractivity contribution in [3.63, 3.8) is 0 Å². The number of likely N-dealkylation sites (N-methyl/N-ethyl adjacent to an activating group) is 1. The van der Waals surface area contributed by atoms with Gasteiger partial charge in [0, 0.05) is 19.1 Å². The quantitative estimate of drug-likeness (QED) is 0.819. The fourth-order valence-electron chi connectivity index (χ4n) is 2.26. The Morgan fingerprint density at radius 3 is 2.72 bits per heavy atom. The van der Waals surface area contributed by atoms with E-state index in [1.54, 1.807) is 16.4 Å². The Balaban J connectivity index is 2.29. The van der Waals surface area contributed by atoms with E-state index in [1.165, 1.54) is 11.3 Å². The maximum Gasteiger partial charge on any atom is 0.252 e. The molecule has 102 valence electrons. The number of halogens is 1. The van der Waals surface area contributed by atoms with Crippen LogP contribution in [0.15, 0.2) is 20.1 Å². The molecule has 1 aliphatic rings. The lowest BCUT2D eigenvalue weighted by Crippen LogP contribution is -2.41. The summed E-state index contributed by atoms with van der Waals surface area (Å²) in [7, 11) is -1.31. The van der Waals surface area contributed by atoms with Crippen LogP contribution >= 0.6 is 27.3 Å². The molecular weight excluding hydrogens is 336 g/mol. The van der Waals surface area contributed by atoms with Gasteiger partial charge >= 0.3 is 0 Å². The minimum atomic E-state index is -3.34. The fourth-order valence-corrected chi connectivity index (χ4v) is 6.06. The standard InChI is InChI=1S/C11H17BrN2O2S2/c1-9-8-13(2)6-3-7-14(9)18(15,16)11-5-4-10(12)17-11/h4-5,9H,3,6-8H2,1-2H3. The summed E-state index contributed by atoms with van der Waals surface area (Å²) in [6.07, 6.45) is 0.882. The molecule has 0 N–H and O–H groups in total. The molecule has 0 bridgehead atoms. The monoisotopic (exact) mass is 352 g/mol. The summed E-state index contributed by atoms with van der Waals surface area (Å²) in [5, 5.41) is 0. The SMILES string of the molecule is CC1CN(C)CCCN1S(=O)(=O)c1ccc(Br)s1. The second-order valence-corrected chi connectivity index (χ2v) is 9.22. The smallest absolute Gasteiger partial charge is 0.252 e. The number of hydrogen-bond donors (Lipinski definition) is 0. The van der Waals surface area contributed by atoms with Crippen LogP contribution < -0.4 is 0 Å². The van der Waals surface area contributed by atoms with Gasteiger partial charge < -0.3 is 4.90 Å². The predicted octanol–water partition coefficient (Wildman–Crippen LogP) is 2.23. The minimum Gasteiger partial charge on any atom is -0.305 e. The summed E-state index contributed by atoms with van der Waals surface area (Å²) in [5.74, 6) is 0. The molecule has 18 heavy (non-hydrogen) atoms. The number of nitrogens with zero attached hydrogens (tertiary/aromatic N) is 2. The summed E-state index contributed by atoms with van der Waals surface area (Å²) in [6.45, 7) is 4.31. The van der Waals surface area contributed by atoms with Gasteiger partial charge in [-0.1, -0.05) is 0 Å². The van der Waals surface area contributed by atoms with E-state index in [2.05, 4.69) is 20.8 Å². The molecule has 0 aromatic carbocycles. The van der Waals surface area contributed by atoms with Crippen LogP contribution in [-0.2, 0) is 10.0 Å². The van der Waals surface area contributed by atoms with E-state index in [0.29, 0.717) is 10.8 Å². The maximum atomic E-state index is 12.6. The largest absolute Gasteiger partial charge is 0.305 e. The van der Waals surface area contributed by atoms with Gasteiger partial charge in [0.1, 0.15) is 4.21 Å². The lowest BCUT2D eigenvalue weighted by Gasteiger charge is -2.26. The van der Waals surface area contributed by atoms with E-state index in [1.807, 2.05) is 14.0 Å². The van der Waals surface area contributed by atoms with E-state index in [9.17, 15) is 8.42 Å². The Hall–Kier alpha value is 0.0500. The Labute approximate surface area is 121 Å². The number of rotatable bonds is 2. The zero-order chi connectivity index (χ0) is 13.3. The van der Waals surface area contributed by atoms with Crippen LogP contribution in [0.4, 0.5) is 0 Å². The van der Waals surface area contributed by atoms with Crippen LogP contribution in [0, 0.1) is 0 Å². The predicted molar refractivity (Wildman–Crippen MR) is 77.5 cm³/mol. The lowest BCUT2D eigenvalue weighted by atomic mass is 10.3. The van der Waals surface area contributed by atoms with Crippen LogP contribution in [0.25, 0.3) is 0 Å². The highest BCUT2D eigenvalue weighted by Crippen LogP contribution is 2.30. The first-order valence-corrected chi connectivity index (χ1v) is 8.92. The van der Waals surface area contributed by atoms with Crippen LogP contribution in [0.5, 0.6) is 0 Å². The van der Waals surface area contributed by atoms with Gasteiger partial charge in [-0.15, -0.1) is 11.3 Å². The molecule has 1 saturated heterocycles. The van der Waals surface area contributed by atoms with Gasteiger partial charge in [0.15, 0.2) is 0 Å². The molecular formula is C11H17BrN2O2S2. The summed E-state index contributed by atoms with van der Waals surface area (Å²) in [6, 6.07) is 3.47. The second kappa shape index (κ2) is 5.58. The molecule has 0 aliphatic carbocycles. The summed E-state index contributed by atoms with van der Waals surface area (Å²) >= 11 is 4.59. The third kappa shape index (κ3) is 2.96. The Bertz CT molecular complexity index is 515. The number of sulfonamides is 1. The van der Waals surface area contributed by atoms with Crippen LogP contribution in [-0.4, -0.2) is 50.3 Å². The molecule has 1 unspecified atom stereocenters. The summed E-state index contributed by atoms with van der Waals surface area (Å²) < 4.78 is 28.0. The Kier molecular flexibility index (Phi) is 4.48. The molecule has 4 nitrogen and oxygen atoms in total. The first kappa shape index (κ1) is 14.5. The van der Waals surface area contributed by atoms with Crippen molar-refractivity contribution in [2.75, 3.05) is 26.7 Å². The zero-order valence-electron chi connectivity index (χ0n) is 10.5. The van der Waals surface area contributed by atoms with Gasteiger partial charge in [0.05, 0.1) is 3.79 Å². The number of thiophene rings is 1. The highest BCUT2D eigenvalue weighted by Gasteiger charge is 2.32. The van der Waals surface area contributed by atoms with Gasteiger partial charge in [0.25, 0.3) is 10.0 Å². The molecule has 2 rings (SSSR count). The van der Waals surface area contributed by atoms with Crippen LogP contribution in [0.3, 0.4) is 0 Å². The molecule has 0 radical (unpaired) electrons. The first-order chi connectivity index (χ1) is 8.41. The second-order valence-electron chi connectivity index (χ2n) is 4.64. The average molecular weight is 353 g/mol. The molecule has 1 aliphatic heterocycles. The van der Waals surface area contributed by atoms with Gasteiger partial charge in [-0.2, -0.15) is 4.31 Å². The van der Waals surface area contributed by atoms with Crippen molar-refractivity contribution in [2.45, 2.75) is 23.6 Å². The lowest BCUT2D eigenvalue weighted by molar-refractivity contribution is 0.291. The van der Waals surface area contributed by atoms with Crippen molar-refractivity contribution in [1.82, 2.24) is 9.21 Å².